The van der Waals surface area contributed by atoms with E-state index in [2.05, 4.69) is 36.2 Å². The molecule has 0 heterocycles. The summed E-state index contributed by atoms with van der Waals surface area (Å²) in [6.07, 6.45) is 1.14. The number of carbonyl (C=O) groups excluding carboxylic acids is 1. The third-order valence-electron chi connectivity index (χ3n) is 4.22. The number of nitrogens with two attached hydrogens (primary N) is 1. The Morgan fingerprint density at radius 3 is 2.38 bits per heavy atom. The summed E-state index contributed by atoms with van der Waals surface area (Å²) in [5.41, 5.74) is 10.2. The molecule has 2 aromatic rings. The standard InChI is InChI=1S/C20H27N3O.2ClH/c1-3-23(19-11-7-4-8-16(19)2)15-14-22-20(24)13-12-17-9-5-6-10-18(17)21;;/h4-11H,3,12-15,21H2,1-2H3,(H,22,24);2*1H. The third-order valence-corrected chi connectivity index (χ3v) is 4.22. The van der Waals surface area contributed by atoms with Gasteiger partial charge in [0.25, 0.3) is 0 Å². The largest absolute Gasteiger partial charge is 0.399 e. The number of halogens is 2. The van der Waals surface area contributed by atoms with Gasteiger partial charge in [0.05, 0.1) is 0 Å². The van der Waals surface area contributed by atoms with E-state index in [9.17, 15) is 4.79 Å². The van der Waals surface area contributed by atoms with Crippen LogP contribution in [0.15, 0.2) is 48.5 Å². The van der Waals surface area contributed by atoms with Crippen LogP contribution in [0.25, 0.3) is 0 Å². The fourth-order valence-electron chi connectivity index (χ4n) is 2.80. The van der Waals surface area contributed by atoms with Crippen molar-refractivity contribution in [3.8, 4) is 0 Å². The van der Waals surface area contributed by atoms with Crippen LogP contribution in [0.3, 0.4) is 0 Å². The van der Waals surface area contributed by atoms with Crippen LogP contribution in [0, 0.1) is 6.92 Å². The fourth-order valence-corrected chi connectivity index (χ4v) is 2.80. The zero-order valence-electron chi connectivity index (χ0n) is 15.4. The van der Waals surface area contributed by atoms with Gasteiger partial charge >= 0.3 is 0 Å². The highest BCUT2D eigenvalue weighted by molar-refractivity contribution is 5.85. The molecular weight excluding hydrogens is 369 g/mol. The molecule has 0 radical (unpaired) electrons. The SMILES string of the molecule is CCN(CCNC(=O)CCc1ccccc1N)c1ccccc1C.Cl.Cl. The first kappa shape index (κ1) is 24.1. The summed E-state index contributed by atoms with van der Waals surface area (Å²) < 4.78 is 0. The Balaban J connectivity index is 0.00000312. The Morgan fingerprint density at radius 2 is 1.73 bits per heavy atom. The molecule has 26 heavy (non-hydrogen) atoms. The second-order valence-corrected chi connectivity index (χ2v) is 5.91. The number of hydrogen-bond acceptors (Lipinski definition) is 3. The van der Waals surface area contributed by atoms with Gasteiger partial charge in [-0.25, -0.2) is 0 Å². The van der Waals surface area contributed by atoms with Crippen molar-refractivity contribution in [3.63, 3.8) is 0 Å². The highest BCUT2D eigenvalue weighted by atomic mass is 35.5. The average molecular weight is 398 g/mol. The maximum atomic E-state index is 12.0. The highest BCUT2D eigenvalue weighted by Gasteiger charge is 2.08. The minimum Gasteiger partial charge on any atom is -0.399 e. The molecule has 0 aliphatic heterocycles. The average Bonchev–Trinajstić information content (AvgIpc) is 2.59. The molecule has 0 saturated heterocycles. The summed E-state index contributed by atoms with van der Waals surface area (Å²) in [4.78, 5) is 14.3. The zero-order valence-corrected chi connectivity index (χ0v) is 17.0. The number of likely N-dealkylation sites (N-methyl/N-ethyl adjacent to an activating group) is 1. The molecule has 0 fully saturated rings. The third kappa shape index (κ3) is 7.14. The van der Waals surface area contributed by atoms with Gasteiger partial charge in [0.1, 0.15) is 0 Å². The van der Waals surface area contributed by atoms with Gasteiger partial charge in [-0.1, -0.05) is 36.4 Å². The Hall–Kier alpha value is -1.91. The topological polar surface area (TPSA) is 58.4 Å². The van der Waals surface area contributed by atoms with E-state index in [1.807, 2.05) is 36.4 Å². The summed E-state index contributed by atoms with van der Waals surface area (Å²) in [5.74, 6) is 0.0686. The van der Waals surface area contributed by atoms with Crippen molar-refractivity contribution in [2.45, 2.75) is 26.7 Å². The number of benzene rings is 2. The molecule has 0 unspecified atom stereocenters. The van der Waals surface area contributed by atoms with Crippen LogP contribution >= 0.6 is 24.8 Å². The van der Waals surface area contributed by atoms with Crippen molar-refractivity contribution in [3.05, 3.63) is 59.7 Å². The van der Waals surface area contributed by atoms with Gasteiger partial charge < -0.3 is 16.0 Å². The van der Waals surface area contributed by atoms with Crippen LogP contribution in [-0.2, 0) is 11.2 Å². The van der Waals surface area contributed by atoms with Crippen molar-refractivity contribution in [1.29, 1.82) is 0 Å². The monoisotopic (exact) mass is 397 g/mol. The smallest absolute Gasteiger partial charge is 0.220 e. The minimum absolute atomic E-state index is 0. The molecule has 0 aliphatic carbocycles. The van der Waals surface area contributed by atoms with Crippen molar-refractivity contribution < 1.29 is 4.79 Å². The lowest BCUT2D eigenvalue weighted by Crippen LogP contribution is -2.35. The first-order valence-corrected chi connectivity index (χ1v) is 8.52. The summed E-state index contributed by atoms with van der Waals surface area (Å²) in [7, 11) is 0. The van der Waals surface area contributed by atoms with Gasteiger partial charge in [-0.05, 0) is 43.5 Å². The number of para-hydroxylation sites is 2. The second-order valence-electron chi connectivity index (χ2n) is 5.91. The van der Waals surface area contributed by atoms with Crippen molar-refractivity contribution in [1.82, 2.24) is 5.32 Å². The first-order valence-electron chi connectivity index (χ1n) is 8.52. The Labute approximate surface area is 169 Å². The van der Waals surface area contributed by atoms with Crippen LogP contribution in [0.1, 0.15) is 24.5 Å². The summed E-state index contributed by atoms with van der Waals surface area (Å²) in [5, 5.41) is 3.00. The lowest BCUT2D eigenvalue weighted by atomic mass is 10.1. The number of rotatable bonds is 8. The van der Waals surface area contributed by atoms with E-state index in [1.165, 1.54) is 11.3 Å². The maximum absolute atomic E-state index is 12.0. The molecule has 6 heteroatoms. The van der Waals surface area contributed by atoms with Gasteiger partial charge in [-0.3, -0.25) is 4.79 Å². The van der Waals surface area contributed by atoms with Crippen LogP contribution in [0.4, 0.5) is 11.4 Å². The van der Waals surface area contributed by atoms with E-state index in [4.69, 9.17) is 5.73 Å². The van der Waals surface area contributed by atoms with Gasteiger partial charge in [-0.2, -0.15) is 0 Å². The van der Waals surface area contributed by atoms with Crippen LogP contribution < -0.4 is 16.0 Å². The first-order chi connectivity index (χ1) is 11.6. The molecule has 2 aromatic carbocycles. The number of hydrogen-bond donors (Lipinski definition) is 2. The quantitative estimate of drug-likeness (QED) is 0.661. The lowest BCUT2D eigenvalue weighted by Gasteiger charge is -2.25. The van der Waals surface area contributed by atoms with Crippen molar-refractivity contribution in [2.75, 3.05) is 30.3 Å². The molecule has 1 amide bonds. The minimum atomic E-state index is 0. The number of carbonyl (C=O) groups is 1. The Kier molecular flexibility index (Phi) is 11.5. The highest BCUT2D eigenvalue weighted by Crippen LogP contribution is 2.18. The zero-order chi connectivity index (χ0) is 17.4. The van der Waals surface area contributed by atoms with E-state index in [-0.39, 0.29) is 30.7 Å². The molecule has 144 valence electrons. The second kappa shape index (κ2) is 12.4. The number of amides is 1. The van der Waals surface area contributed by atoms with E-state index in [1.54, 1.807) is 0 Å². The van der Waals surface area contributed by atoms with Crippen molar-refractivity contribution >= 4 is 42.1 Å². The van der Waals surface area contributed by atoms with E-state index in [0.717, 1.165) is 24.3 Å². The Bertz CT molecular complexity index is 680. The van der Waals surface area contributed by atoms with Crippen LogP contribution in [-0.4, -0.2) is 25.5 Å². The molecule has 0 spiro atoms. The van der Waals surface area contributed by atoms with E-state index in [0.29, 0.717) is 19.4 Å². The maximum Gasteiger partial charge on any atom is 0.220 e. The fraction of sp³-hybridized carbons (Fsp3) is 0.350. The number of anilines is 2. The van der Waals surface area contributed by atoms with E-state index >= 15 is 0 Å². The molecular formula is C20H29Cl2N3O. The van der Waals surface area contributed by atoms with Gasteiger partial charge in [0.2, 0.25) is 5.91 Å². The number of nitrogens with zero attached hydrogens (tertiary/aromatic N) is 1. The molecule has 0 aromatic heterocycles. The lowest BCUT2D eigenvalue weighted by molar-refractivity contribution is -0.120. The summed E-state index contributed by atoms with van der Waals surface area (Å²) in [6, 6.07) is 16.0. The molecule has 0 atom stereocenters. The summed E-state index contributed by atoms with van der Waals surface area (Å²) in [6.45, 7) is 6.61. The predicted molar refractivity (Wildman–Crippen MR) is 116 cm³/mol. The number of aryl methyl sites for hydroxylation is 2. The Morgan fingerprint density at radius 1 is 1.08 bits per heavy atom. The number of nitrogens with one attached hydrogen (secondary N) is 1. The molecule has 2 rings (SSSR count). The molecule has 0 saturated carbocycles. The normalized spacial score (nSPS) is 9.62. The number of nitrogen functional groups attached to an aromatic ring is 1. The summed E-state index contributed by atoms with van der Waals surface area (Å²) >= 11 is 0. The van der Waals surface area contributed by atoms with Gasteiger partial charge in [-0.15, -0.1) is 24.8 Å². The molecule has 3 N–H and O–H groups in total. The van der Waals surface area contributed by atoms with Gasteiger partial charge in [0, 0.05) is 37.4 Å². The molecule has 0 bridgehead atoms. The van der Waals surface area contributed by atoms with Crippen molar-refractivity contribution in [2.24, 2.45) is 0 Å². The molecule has 4 nitrogen and oxygen atoms in total. The van der Waals surface area contributed by atoms with E-state index < -0.39 is 0 Å². The molecule has 0 aliphatic rings. The predicted octanol–water partition coefficient (Wildman–Crippen LogP) is 4.00. The van der Waals surface area contributed by atoms with Crippen LogP contribution in [0.2, 0.25) is 0 Å². The van der Waals surface area contributed by atoms with Gasteiger partial charge in [0.15, 0.2) is 0 Å². The van der Waals surface area contributed by atoms with Crippen LogP contribution in [0.5, 0.6) is 0 Å².